The first-order valence-corrected chi connectivity index (χ1v) is 10.3. The number of amides is 1. The summed E-state index contributed by atoms with van der Waals surface area (Å²) in [6.45, 7) is 0.744. The lowest BCUT2D eigenvalue weighted by atomic mass is 10.1. The first-order valence-electron chi connectivity index (χ1n) is 8.88. The second-order valence-electron chi connectivity index (χ2n) is 6.38. The Morgan fingerprint density at radius 2 is 1.80 bits per heavy atom. The highest BCUT2D eigenvalue weighted by Crippen LogP contribution is 2.35. The molecular weight excluding hydrogens is 425 g/mol. The first-order chi connectivity index (χ1) is 14.1. The summed E-state index contributed by atoms with van der Waals surface area (Å²) in [5.74, 6) is -0.860. The van der Waals surface area contributed by atoms with Crippen LogP contribution in [-0.4, -0.2) is 52.0 Å². The number of methoxy groups -OCH3 is 1. The summed E-state index contributed by atoms with van der Waals surface area (Å²) in [5.41, 5.74) is -1.56. The minimum absolute atomic E-state index is 0.0220. The van der Waals surface area contributed by atoms with E-state index >= 15 is 0 Å². The Morgan fingerprint density at radius 3 is 2.43 bits per heavy atom. The van der Waals surface area contributed by atoms with Gasteiger partial charge in [0, 0.05) is 18.7 Å². The van der Waals surface area contributed by atoms with Crippen molar-refractivity contribution in [1.82, 2.24) is 4.31 Å². The van der Waals surface area contributed by atoms with Crippen LogP contribution in [0.4, 0.5) is 18.9 Å². The summed E-state index contributed by atoms with van der Waals surface area (Å²) in [7, 11) is -2.71. The first kappa shape index (κ1) is 22.1. The molecule has 1 aliphatic heterocycles. The maximum absolute atomic E-state index is 13.2. The van der Waals surface area contributed by atoms with Crippen LogP contribution in [0.1, 0.15) is 15.9 Å². The molecule has 0 spiro atoms. The van der Waals surface area contributed by atoms with Gasteiger partial charge in [-0.05, 0) is 30.3 Å². The SMILES string of the molecule is COc1ccc(C(=O)Nc2ccccc2C(F)(F)F)cc1S(=O)(=O)N1CCOCC1. The molecule has 162 valence electrons. The lowest BCUT2D eigenvalue weighted by Crippen LogP contribution is -2.40. The molecule has 7 nitrogen and oxygen atoms in total. The van der Waals surface area contributed by atoms with Crippen LogP contribution >= 0.6 is 0 Å². The number of halogens is 3. The van der Waals surface area contributed by atoms with Crippen LogP contribution in [0.3, 0.4) is 0 Å². The van der Waals surface area contributed by atoms with Crippen molar-refractivity contribution in [1.29, 1.82) is 0 Å². The van der Waals surface area contributed by atoms with E-state index in [2.05, 4.69) is 5.32 Å². The lowest BCUT2D eigenvalue weighted by Gasteiger charge is -2.26. The molecular formula is C19H19F3N2O5S. The smallest absolute Gasteiger partial charge is 0.418 e. The maximum atomic E-state index is 13.2. The van der Waals surface area contributed by atoms with Gasteiger partial charge in [0.05, 0.1) is 31.6 Å². The number of ether oxygens (including phenoxy) is 2. The highest BCUT2D eigenvalue weighted by molar-refractivity contribution is 7.89. The van der Waals surface area contributed by atoms with Gasteiger partial charge in [-0.3, -0.25) is 4.79 Å². The zero-order valence-electron chi connectivity index (χ0n) is 15.9. The Hall–Kier alpha value is -2.63. The predicted octanol–water partition coefficient (Wildman–Crippen LogP) is 2.99. The molecule has 1 N–H and O–H groups in total. The fourth-order valence-electron chi connectivity index (χ4n) is 2.98. The largest absolute Gasteiger partial charge is 0.495 e. The number of morpholine rings is 1. The Bertz CT molecular complexity index is 1030. The number of rotatable bonds is 5. The highest BCUT2D eigenvalue weighted by atomic mass is 32.2. The summed E-state index contributed by atoms with van der Waals surface area (Å²) in [5, 5.41) is 2.20. The molecule has 0 saturated carbocycles. The second-order valence-corrected chi connectivity index (χ2v) is 8.29. The molecule has 1 amide bonds. The minimum atomic E-state index is -4.66. The third-order valence-corrected chi connectivity index (χ3v) is 6.41. The van der Waals surface area contributed by atoms with Crippen LogP contribution in [-0.2, 0) is 20.9 Å². The third-order valence-electron chi connectivity index (χ3n) is 4.49. The van der Waals surface area contributed by atoms with Crippen LogP contribution < -0.4 is 10.1 Å². The van der Waals surface area contributed by atoms with E-state index in [-0.39, 0.29) is 42.5 Å². The van der Waals surface area contributed by atoms with E-state index in [4.69, 9.17) is 9.47 Å². The van der Waals surface area contributed by atoms with Crippen molar-refractivity contribution >= 4 is 21.6 Å². The fourth-order valence-corrected chi connectivity index (χ4v) is 4.57. The number of sulfonamides is 1. The standard InChI is InChI=1S/C19H19F3N2O5S/c1-28-16-7-6-13(12-17(16)30(26,27)24-8-10-29-11-9-24)18(25)23-15-5-3-2-4-14(15)19(20,21)22/h2-7,12H,8-11H2,1H3,(H,23,25). The van der Waals surface area contributed by atoms with E-state index in [0.717, 1.165) is 18.2 Å². The number of hydrogen-bond donors (Lipinski definition) is 1. The average Bonchev–Trinajstić information content (AvgIpc) is 2.73. The molecule has 2 aromatic carbocycles. The topological polar surface area (TPSA) is 84.9 Å². The molecule has 1 heterocycles. The van der Waals surface area contributed by atoms with Gasteiger partial charge in [-0.1, -0.05) is 12.1 Å². The second kappa shape index (κ2) is 8.62. The highest BCUT2D eigenvalue weighted by Gasteiger charge is 2.34. The molecule has 2 aromatic rings. The van der Waals surface area contributed by atoms with E-state index in [1.54, 1.807) is 0 Å². The van der Waals surface area contributed by atoms with Gasteiger partial charge in [0.1, 0.15) is 10.6 Å². The molecule has 0 bridgehead atoms. The van der Waals surface area contributed by atoms with Crippen LogP contribution in [0.25, 0.3) is 0 Å². The monoisotopic (exact) mass is 444 g/mol. The van der Waals surface area contributed by atoms with Gasteiger partial charge in [-0.15, -0.1) is 0 Å². The predicted molar refractivity (Wildman–Crippen MR) is 102 cm³/mol. The molecule has 11 heteroatoms. The molecule has 1 saturated heterocycles. The zero-order valence-corrected chi connectivity index (χ0v) is 16.7. The molecule has 0 aliphatic carbocycles. The van der Waals surface area contributed by atoms with E-state index in [1.807, 2.05) is 0 Å². The third kappa shape index (κ3) is 4.58. The number of nitrogens with one attached hydrogen (secondary N) is 1. The lowest BCUT2D eigenvalue weighted by molar-refractivity contribution is -0.136. The number of carbonyl (C=O) groups excluding carboxylic acids is 1. The van der Waals surface area contributed by atoms with Gasteiger partial charge >= 0.3 is 6.18 Å². The van der Waals surface area contributed by atoms with Crippen molar-refractivity contribution in [2.75, 3.05) is 38.7 Å². The van der Waals surface area contributed by atoms with Crippen molar-refractivity contribution in [3.8, 4) is 5.75 Å². The summed E-state index contributed by atoms with van der Waals surface area (Å²) >= 11 is 0. The molecule has 0 unspecified atom stereocenters. The van der Waals surface area contributed by atoms with Crippen molar-refractivity contribution < 1.29 is 35.9 Å². The normalized spacial score (nSPS) is 15.6. The van der Waals surface area contributed by atoms with Crippen LogP contribution in [0, 0.1) is 0 Å². The Kier molecular flexibility index (Phi) is 6.34. The Morgan fingerprint density at radius 1 is 1.13 bits per heavy atom. The molecule has 0 radical (unpaired) electrons. The van der Waals surface area contributed by atoms with Gasteiger partial charge in [0.25, 0.3) is 5.91 Å². The van der Waals surface area contributed by atoms with Gasteiger partial charge in [-0.2, -0.15) is 17.5 Å². The van der Waals surface area contributed by atoms with E-state index in [9.17, 15) is 26.4 Å². The molecule has 30 heavy (non-hydrogen) atoms. The van der Waals surface area contributed by atoms with Gasteiger partial charge < -0.3 is 14.8 Å². The van der Waals surface area contributed by atoms with Crippen LogP contribution in [0.5, 0.6) is 5.75 Å². The van der Waals surface area contributed by atoms with Gasteiger partial charge in [-0.25, -0.2) is 8.42 Å². The molecule has 1 fully saturated rings. The van der Waals surface area contributed by atoms with E-state index < -0.39 is 33.4 Å². The number of nitrogens with zero attached hydrogens (tertiary/aromatic N) is 1. The quantitative estimate of drug-likeness (QED) is 0.767. The zero-order chi connectivity index (χ0) is 21.9. The van der Waals surface area contributed by atoms with Crippen LogP contribution in [0.2, 0.25) is 0 Å². The Balaban J connectivity index is 1.95. The van der Waals surface area contributed by atoms with Gasteiger partial charge in [0.2, 0.25) is 10.0 Å². The minimum Gasteiger partial charge on any atom is -0.495 e. The number of carbonyl (C=O) groups is 1. The molecule has 1 aliphatic rings. The van der Waals surface area contributed by atoms with E-state index in [0.29, 0.717) is 0 Å². The Labute approximate surface area is 171 Å². The molecule has 3 rings (SSSR count). The summed E-state index contributed by atoms with van der Waals surface area (Å²) < 4.78 is 77.0. The number of hydrogen-bond acceptors (Lipinski definition) is 5. The number of anilines is 1. The van der Waals surface area contributed by atoms with Crippen molar-refractivity contribution in [3.63, 3.8) is 0 Å². The summed E-state index contributed by atoms with van der Waals surface area (Å²) in [4.78, 5) is 12.4. The van der Waals surface area contributed by atoms with E-state index in [1.165, 1.54) is 35.7 Å². The summed E-state index contributed by atoms with van der Waals surface area (Å²) in [6.07, 6.45) is -4.66. The van der Waals surface area contributed by atoms with Crippen molar-refractivity contribution in [2.24, 2.45) is 0 Å². The number of alkyl halides is 3. The fraction of sp³-hybridized carbons (Fsp3) is 0.316. The van der Waals surface area contributed by atoms with Crippen LogP contribution in [0.15, 0.2) is 47.4 Å². The number of benzene rings is 2. The van der Waals surface area contributed by atoms with Gasteiger partial charge in [0.15, 0.2) is 0 Å². The van der Waals surface area contributed by atoms with Crippen molar-refractivity contribution in [2.45, 2.75) is 11.1 Å². The maximum Gasteiger partial charge on any atom is 0.418 e. The average molecular weight is 444 g/mol. The molecule has 0 atom stereocenters. The van der Waals surface area contributed by atoms with Crippen molar-refractivity contribution in [3.05, 3.63) is 53.6 Å². The number of para-hydroxylation sites is 1. The molecule has 0 aromatic heterocycles. The summed E-state index contributed by atoms with van der Waals surface area (Å²) in [6, 6.07) is 8.19.